The van der Waals surface area contributed by atoms with Gasteiger partial charge in [0.15, 0.2) is 17.3 Å². The van der Waals surface area contributed by atoms with Crippen LogP contribution in [-0.4, -0.2) is 20.0 Å². The lowest BCUT2D eigenvalue weighted by Gasteiger charge is -2.07. The zero-order valence-electron chi connectivity index (χ0n) is 12.4. The first-order valence-corrected chi connectivity index (χ1v) is 7.52. The molecule has 2 rings (SSSR count). The number of aryl methyl sites for hydroxylation is 1. The maximum Gasteiger partial charge on any atom is 0.195 e. The molecular formula is C17H18O3S. The van der Waals surface area contributed by atoms with Gasteiger partial charge in [0.2, 0.25) is 0 Å². The molecule has 0 saturated carbocycles. The summed E-state index contributed by atoms with van der Waals surface area (Å²) < 4.78 is 10.4. The Balaban J connectivity index is 2.15. The Bertz CT molecular complexity index is 656. The fourth-order valence-corrected chi connectivity index (χ4v) is 2.78. The molecule has 1 aromatic carbocycles. The second-order valence-electron chi connectivity index (χ2n) is 4.43. The third-order valence-electron chi connectivity index (χ3n) is 3.09. The third-order valence-corrected chi connectivity index (χ3v) is 4.33. The van der Waals surface area contributed by atoms with Crippen LogP contribution in [0.15, 0.2) is 36.4 Å². The maximum absolute atomic E-state index is 12.1. The number of hydrogen-bond acceptors (Lipinski definition) is 4. The first kappa shape index (κ1) is 15.3. The monoisotopic (exact) mass is 302 g/mol. The lowest BCUT2D eigenvalue weighted by Crippen LogP contribution is -1.91. The summed E-state index contributed by atoms with van der Waals surface area (Å²) in [5.41, 5.74) is 0.897. The smallest absolute Gasteiger partial charge is 0.195 e. The topological polar surface area (TPSA) is 35.5 Å². The summed E-state index contributed by atoms with van der Waals surface area (Å²) in [6.07, 6.45) is 4.33. The molecule has 1 heterocycles. The Hall–Kier alpha value is -2.07. The van der Waals surface area contributed by atoms with Gasteiger partial charge in [-0.25, -0.2) is 0 Å². The molecule has 0 N–H and O–H groups in total. The molecule has 0 aliphatic heterocycles. The van der Waals surface area contributed by atoms with Gasteiger partial charge in [-0.15, -0.1) is 11.3 Å². The average Bonchev–Trinajstić information content (AvgIpc) is 3.01. The SMILES string of the molecule is CCc1ccc(C(=O)/C=C/c2ccc(OC)c(OC)c2)s1. The molecule has 0 aliphatic carbocycles. The largest absolute Gasteiger partial charge is 0.493 e. The molecule has 0 spiro atoms. The predicted octanol–water partition coefficient (Wildman–Crippen LogP) is 4.22. The van der Waals surface area contributed by atoms with Crippen LogP contribution in [0.3, 0.4) is 0 Å². The number of methoxy groups -OCH3 is 2. The number of ketones is 1. The Labute approximate surface area is 128 Å². The van der Waals surface area contributed by atoms with E-state index in [2.05, 4.69) is 6.92 Å². The molecule has 110 valence electrons. The number of benzene rings is 1. The van der Waals surface area contributed by atoms with Crippen molar-refractivity contribution in [2.45, 2.75) is 13.3 Å². The van der Waals surface area contributed by atoms with Crippen LogP contribution < -0.4 is 9.47 Å². The number of carbonyl (C=O) groups is 1. The van der Waals surface area contributed by atoms with E-state index < -0.39 is 0 Å². The number of ether oxygens (including phenoxy) is 2. The van der Waals surface area contributed by atoms with Gasteiger partial charge in [0.25, 0.3) is 0 Å². The molecule has 0 aliphatic rings. The van der Waals surface area contributed by atoms with Gasteiger partial charge in [-0.05, 0) is 42.3 Å². The number of rotatable bonds is 6. The van der Waals surface area contributed by atoms with Crippen LogP contribution in [-0.2, 0) is 6.42 Å². The minimum atomic E-state index is 0.0227. The van der Waals surface area contributed by atoms with Crippen molar-refractivity contribution in [1.82, 2.24) is 0 Å². The summed E-state index contributed by atoms with van der Waals surface area (Å²) >= 11 is 1.54. The van der Waals surface area contributed by atoms with E-state index in [4.69, 9.17) is 9.47 Å². The molecule has 2 aromatic rings. The Morgan fingerprint density at radius 2 is 1.90 bits per heavy atom. The van der Waals surface area contributed by atoms with E-state index in [1.165, 1.54) is 4.88 Å². The van der Waals surface area contributed by atoms with E-state index in [0.717, 1.165) is 16.9 Å². The fraction of sp³-hybridized carbons (Fsp3) is 0.235. The number of carbonyl (C=O) groups excluding carboxylic acids is 1. The van der Waals surface area contributed by atoms with Crippen molar-refractivity contribution in [2.24, 2.45) is 0 Å². The van der Waals surface area contributed by atoms with Crippen molar-refractivity contribution in [3.8, 4) is 11.5 Å². The lowest BCUT2D eigenvalue weighted by atomic mass is 10.1. The molecule has 0 radical (unpaired) electrons. The van der Waals surface area contributed by atoms with Crippen LogP contribution in [0.1, 0.15) is 27.0 Å². The minimum Gasteiger partial charge on any atom is -0.493 e. The number of thiophene rings is 1. The summed E-state index contributed by atoms with van der Waals surface area (Å²) in [6.45, 7) is 2.08. The van der Waals surface area contributed by atoms with Crippen LogP contribution in [0.4, 0.5) is 0 Å². The molecule has 4 heteroatoms. The van der Waals surface area contributed by atoms with Gasteiger partial charge in [-0.2, -0.15) is 0 Å². The van der Waals surface area contributed by atoms with E-state index >= 15 is 0 Å². The van der Waals surface area contributed by atoms with E-state index in [9.17, 15) is 4.79 Å². The van der Waals surface area contributed by atoms with Crippen LogP contribution in [0, 0.1) is 0 Å². The highest BCUT2D eigenvalue weighted by Gasteiger charge is 2.06. The van der Waals surface area contributed by atoms with Crippen molar-refractivity contribution < 1.29 is 14.3 Å². The second-order valence-corrected chi connectivity index (χ2v) is 5.60. The molecule has 0 amide bonds. The first-order valence-electron chi connectivity index (χ1n) is 6.71. The molecule has 0 atom stereocenters. The van der Waals surface area contributed by atoms with Crippen LogP contribution in [0.25, 0.3) is 6.08 Å². The summed E-state index contributed by atoms with van der Waals surface area (Å²) in [7, 11) is 3.19. The standard InChI is InChI=1S/C17H18O3S/c1-4-13-7-10-17(21-13)14(18)8-5-12-6-9-15(19-2)16(11-12)20-3/h5-11H,4H2,1-3H3/b8-5+. The summed E-state index contributed by atoms with van der Waals surface area (Å²) in [5, 5.41) is 0. The minimum absolute atomic E-state index is 0.0227. The highest BCUT2D eigenvalue weighted by Crippen LogP contribution is 2.28. The molecule has 0 saturated heterocycles. The van der Waals surface area contributed by atoms with E-state index in [1.807, 2.05) is 30.3 Å². The fourth-order valence-electron chi connectivity index (χ4n) is 1.91. The van der Waals surface area contributed by atoms with Crippen LogP contribution in [0.5, 0.6) is 11.5 Å². The van der Waals surface area contributed by atoms with Gasteiger partial charge in [0.05, 0.1) is 19.1 Å². The van der Waals surface area contributed by atoms with Gasteiger partial charge in [-0.3, -0.25) is 4.79 Å². The Kier molecular flexibility index (Phi) is 5.17. The molecule has 21 heavy (non-hydrogen) atoms. The predicted molar refractivity (Wildman–Crippen MR) is 86.6 cm³/mol. The summed E-state index contributed by atoms with van der Waals surface area (Å²) in [4.78, 5) is 14.1. The molecular weight excluding hydrogens is 284 g/mol. The Morgan fingerprint density at radius 1 is 1.14 bits per heavy atom. The van der Waals surface area contributed by atoms with E-state index in [0.29, 0.717) is 11.5 Å². The summed E-state index contributed by atoms with van der Waals surface area (Å²) in [5.74, 6) is 1.35. The van der Waals surface area contributed by atoms with Gasteiger partial charge < -0.3 is 9.47 Å². The second kappa shape index (κ2) is 7.09. The van der Waals surface area contributed by atoms with Gasteiger partial charge in [0.1, 0.15) is 0 Å². The normalized spacial score (nSPS) is 10.8. The van der Waals surface area contributed by atoms with Crippen molar-refractivity contribution in [1.29, 1.82) is 0 Å². The first-order chi connectivity index (χ1) is 10.2. The molecule has 0 bridgehead atoms. The van der Waals surface area contributed by atoms with E-state index in [1.54, 1.807) is 37.7 Å². The van der Waals surface area contributed by atoms with Crippen molar-refractivity contribution in [3.63, 3.8) is 0 Å². The highest BCUT2D eigenvalue weighted by atomic mass is 32.1. The maximum atomic E-state index is 12.1. The van der Waals surface area contributed by atoms with Crippen molar-refractivity contribution in [3.05, 3.63) is 51.7 Å². The molecule has 1 aromatic heterocycles. The number of allylic oxidation sites excluding steroid dienone is 1. The molecule has 0 unspecified atom stereocenters. The van der Waals surface area contributed by atoms with Crippen molar-refractivity contribution >= 4 is 23.2 Å². The molecule has 3 nitrogen and oxygen atoms in total. The van der Waals surface area contributed by atoms with E-state index in [-0.39, 0.29) is 5.78 Å². The van der Waals surface area contributed by atoms with Crippen LogP contribution >= 0.6 is 11.3 Å². The quantitative estimate of drug-likeness (QED) is 0.592. The zero-order chi connectivity index (χ0) is 15.2. The van der Waals surface area contributed by atoms with Gasteiger partial charge >= 0.3 is 0 Å². The molecule has 0 fully saturated rings. The van der Waals surface area contributed by atoms with Crippen molar-refractivity contribution in [2.75, 3.05) is 14.2 Å². The van der Waals surface area contributed by atoms with Gasteiger partial charge in [0, 0.05) is 4.88 Å². The van der Waals surface area contributed by atoms with Gasteiger partial charge in [-0.1, -0.05) is 19.1 Å². The Morgan fingerprint density at radius 3 is 2.52 bits per heavy atom. The highest BCUT2D eigenvalue weighted by molar-refractivity contribution is 7.14. The summed E-state index contributed by atoms with van der Waals surface area (Å²) in [6, 6.07) is 9.43. The lowest BCUT2D eigenvalue weighted by molar-refractivity contribution is 0.105. The third kappa shape index (κ3) is 3.73. The zero-order valence-corrected chi connectivity index (χ0v) is 13.2. The average molecular weight is 302 g/mol. The number of hydrogen-bond donors (Lipinski definition) is 0. The van der Waals surface area contributed by atoms with Crippen LogP contribution in [0.2, 0.25) is 0 Å².